The molecule has 0 aliphatic carbocycles. The van der Waals surface area contributed by atoms with E-state index in [2.05, 4.69) is 0 Å². The molecule has 1 saturated heterocycles. The van der Waals surface area contributed by atoms with Crippen molar-refractivity contribution in [2.75, 3.05) is 4.90 Å². The van der Waals surface area contributed by atoms with Crippen molar-refractivity contribution < 1.29 is 22.8 Å². The Kier molecular flexibility index (Phi) is 3.79. The molecular weight excluding hydrogens is 285 g/mol. The van der Waals surface area contributed by atoms with Gasteiger partial charge in [0.1, 0.15) is 0 Å². The maximum atomic E-state index is 13.0. The fourth-order valence-electron chi connectivity index (χ4n) is 2.34. The molecule has 1 fully saturated rings. The third kappa shape index (κ3) is 2.53. The van der Waals surface area contributed by atoms with Crippen LogP contribution in [0.5, 0.6) is 0 Å². The first-order valence-electron chi connectivity index (χ1n) is 6.46. The van der Waals surface area contributed by atoms with Gasteiger partial charge >= 0.3 is 6.18 Å². The van der Waals surface area contributed by atoms with Crippen molar-refractivity contribution >= 4 is 17.5 Å². The van der Waals surface area contributed by atoms with Crippen LogP contribution >= 0.6 is 0 Å². The van der Waals surface area contributed by atoms with E-state index in [0.29, 0.717) is 0 Å². The predicted octanol–water partition coefficient (Wildman–Crippen LogP) is 2.31. The fourth-order valence-corrected chi connectivity index (χ4v) is 2.34. The lowest BCUT2D eigenvalue weighted by Crippen LogP contribution is -2.31. The number of imide groups is 1. The third-order valence-electron chi connectivity index (χ3n) is 3.85. The molecular formula is C14H15F3N2O2. The van der Waals surface area contributed by atoms with Crippen LogP contribution in [0.1, 0.15) is 25.0 Å². The van der Waals surface area contributed by atoms with Crippen LogP contribution in [0.2, 0.25) is 0 Å². The molecule has 2 atom stereocenters. The number of alkyl halides is 3. The number of carbonyl (C=O) groups excluding carboxylic acids is 2. The highest BCUT2D eigenvalue weighted by atomic mass is 19.4. The van der Waals surface area contributed by atoms with Crippen LogP contribution in [0, 0.1) is 11.8 Å². The summed E-state index contributed by atoms with van der Waals surface area (Å²) in [5.74, 6) is -2.05. The molecule has 2 rings (SSSR count). The van der Waals surface area contributed by atoms with E-state index in [4.69, 9.17) is 5.73 Å². The maximum absolute atomic E-state index is 13.0. The van der Waals surface area contributed by atoms with Crippen molar-refractivity contribution in [3.05, 3.63) is 29.3 Å². The third-order valence-corrected chi connectivity index (χ3v) is 3.85. The summed E-state index contributed by atoms with van der Waals surface area (Å²) in [5, 5.41) is 0. The Morgan fingerprint density at radius 2 is 1.67 bits per heavy atom. The highest BCUT2D eigenvalue weighted by Crippen LogP contribution is 2.37. The standard InChI is InChI=1S/C14H15F3N2O2/c1-7-8(2)13(21)19(12(7)20)10-4-3-9(6-18)11(5-10)14(15,16)17/h3-5,7-8H,6,18H2,1-2H3. The highest BCUT2D eigenvalue weighted by Gasteiger charge is 2.44. The van der Waals surface area contributed by atoms with Gasteiger partial charge in [-0.05, 0) is 17.7 Å². The van der Waals surface area contributed by atoms with Gasteiger partial charge in [0.05, 0.1) is 11.3 Å². The van der Waals surface area contributed by atoms with E-state index in [1.54, 1.807) is 13.8 Å². The number of hydrogen-bond acceptors (Lipinski definition) is 3. The summed E-state index contributed by atoms with van der Waals surface area (Å²) in [6, 6.07) is 3.33. The topological polar surface area (TPSA) is 63.4 Å². The molecule has 21 heavy (non-hydrogen) atoms. The highest BCUT2D eigenvalue weighted by molar-refractivity contribution is 6.21. The van der Waals surface area contributed by atoms with Gasteiger partial charge in [-0.1, -0.05) is 19.9 Å². The van der Waals surface area contributed by atoms with Gasteiger partial charge in [0.25, 0.3) is 0 Å². The Morgan fingerprint density at radius 1 is 1.14 bits per heavy atom. The second-order valence-electron chi connectivity index (χ2n) is 5.13. The molecule has 0 spiro atoms. The SMILES string of the molecule is CC1C(=O)N(c2ccc(CN)c(C(F)(F)F)c2)C(=O)C1C. The Bertz CT molecular complexity index is 578. The number of hydrogen-bond donors (Lipinski definition) is 1. The molecule has 1 aliphatic heterocycles. The Balaban J connectivity index is 2.51. The largest absolute Gasteiger partial charge is 0.416 e. The average Bonchev–Trinajstić information content (AvgIpc) is 2.61. The van der Waals surface area contributed by atoms with Crippen molar-refractivity contribution in [3.63, 3.8) is 0 Å². The smallest absolute Gasteiger partial charge is 0.326 e. The molecule has 1 heterocycles. The van der Waals surface area contributed by atoms with Crippen molar-refractivity contribution in [1.82, 2.24) is 0 Å². The van der Waals surface area contributed by atoms with Crippen molar-refractivity contribution in [1.29, 1.82) is 0 Å². The lowest BCUT2D eigenvalue weighted by atomic mass is 10.00. The van der Waals surface area contributed by atoms with E-state index >= 15 is 0 Å². The van der Waals surface area contributed by atoms with E-state index in [0.717, 1.165) is 11.0 Å². The summed E-state index contributed by atoms with van der Waals surface area (Å²) in [7, 11) is 0. The number of nitrogens with zero attached hydrogens (tertiary/aromatic N) is 1. The van der Waals surface area contributed by atoms with Gasteiger partial charge < -0.3 is 5.73 Å². The predicted molar refractivity (Wildman–Crippen MR) is 70.2 cm³/mol. The minimum atomic E-state index is -4.59. The number of benzene rings is 1. The minimum absolute atomic E-state index is 0.0641. The normalized spacial score (nSPS) is 23.0. The van der Waals surface area contributed by atoms with Crippen molar-refractivity contribution in [2.24, 2.45) is 17.6 Å². The molecule has 0 aromatic heterocycles. The van der Waals surface area contributed by atoms with Crippen LogP contribution in [0.4, 0.5) is 18.9 Å². The first-order valence-corrected chi connectivity index (χ1v) is 6.46. The molecule has 1 aliphatic rings. The van der Waals surface area contributed by atoms with Gasteiger partial charge in [0.2, 0.25) is 11.8 Å². The molecule has 114 valence electrons. The van der Waals surface area contributed by atoms with Crippen molar-refractivity contribution in [2.45, 2.75) is 26.6 Å². The van der Waals surface area contributed by atoms with Gasteiger partial charge in [0, 0.05) is 18.4 Å². The summed E-state index contributed by atoms with van der Waals surface area (Å²) >= 11 is 0. The average molecular weight is 300 g/mol. The van der Waals surface area contributed by atoms with Gasteiger partial charge in [-0.2, -0.15) is 13.2 Å². The Morgan fingerprint density at radius 3 is 2.10 bits per heavy atom. The number of anilines is 1. The summed E-state index contributed by atoms with van der Waals surface area (Å²) in [4.78, 5) is 24.9. The van der Waals surface area contributed by atoms with E-state index in [1.165, 1.54) is 12.1 Å². The van der Waals surface area contributed by atoms with Gasteiger partial charge in [-0.25, -0.2) is 0 Å². The molecule has 2 unspecified atom stereocenters. The summed E-state index contributed by atoms with van der Waals surface area (Å²) < 4.78 is 39.0. The zero-order valence-corrected chi connectivity index (χ0v) is 11.6. The number of amides is 2. The monoisotopic (exact) mass is 300 g/mol. The molecule has 0 saturated carbocycles. The lowest BCUT2D eigenvalue weighted by molar-refractivity contribution is -0.138. The molecule has 2 N–H and O–H groups in total. The Labute approximate surface area is 119 Å². The molecule has 2 amide bonds. The second kappa shape index (κ2) is 5.14. The van der Waals surface area contributed by atoms with Crippen LogP contribution in [0.25, 0.3) is 0 Å². The molecule has 0 bridgehead atoms. The van der Waals surface area contributed by atoms with E-state index < -0.39 is 35.4 Å². The molecule has 4 nitrogen and oxygen atoms in total. The minimum Gasteiger partial charge on any atom is -0.326 e. The summed E-state index contributed by atoms with van der Waals surface area (Å²) in [6.07, 6.45) is -4.59. The van der Waals surface area contributed by atoms with Crippen LogP contribution in [-0.2, 0) is 22.3 Å². The zero-order valence-electron chi connectivity index (χ0n) is 11.6. The summed E-state index contributed by atoms with van der Waals surface area (Å²) in [6.45, 7) is 2.90. The number of carbonyl (C=O) groups is 2. The van der Waals surface area contributed by atoms with Gasteiger partial charge in [-0.15, -0.1) is 0 Å². The van der Waals surface area contributed by atoms with Crippen molar-refractivity contribution in [3.8, 4) is 0 Å². The molecule has 1 aromatic carbocycles. The number of rotatable bonds is 2. The van der Waals surface area contributed by atoms with E-state index in [1.807, 2.05) is 0 Å². The van der Waals surface area contributed by atoms with E-state index in [9.17, 15) is 22.8 Å². The van der Waals surface area contributed by atoms with Gasteiger partial charge in [-0.3, -0.25) is 14.5 Å². The van der Waals surface area contributed by atoms with Crippen LogP contribution in [0.3, 0.4) is 0 Å². The lowest BCUT2D eigenvalue weighted by Gasteiger charge is -2.18. The quantitative estimate of drug-likeness (QED) is 0.852. The first kappa shape index (κ1) is 15.5. The van der Waals surface area contributed by atoms with Crippen LogP contribution < -0.4 is 10.6 Å². The first-order chi connectivity index (χ1) is 9.68. The van der Waals surface area contributed by atoms with Crippen LogP contribution in [-0.4, -0.2) is 11.8 Å². The molecule has 7 heteroatoms. The second-order valence-corrected chi connectivity index (χ2v) is 5.13. The van der Waals surface area contributed by atoms with Gasteiger partial charge in [0.15, 0.2) is 0 Å². The Hall–Kier alpha value is -1.89. The summed E-state index contributed by atoms with van der Waals surface area (Å²) in [5.41, 5.74) is 4.24. The molecule has 1 aromatic rings. The fraction of sp³-hybridized carbons (Fsp3) is 0.429. The van der Waals surface area contributed by atoms with Crippen LogP contribution in [0.15, 0.2) is 18.2 Å². The maximum Gasteiger partial charge on any atom is 0.416 e. The van der Waals surface area contributed by atoms with E-state index in [-0.39, 0.29) is 17.8 Å². The number of nitrogens with two attached hydrogens (primary N) is 1. The number of halogens is 3. The molecule has 0 radical (unpaired) electrons. The zero-order chi connectivity index (χ0) is 15.9.